The number of ketones is 1. The number of nitrogens with zero attached hydrogens (tertiary/aromatic N) is 1. The largest absolute Gasteiger partial charge is 0.462 e. The Morgan fingerprint density at radius 2 is 1.06 bits per heavy atom. The number of nitrogens with one attached hydrogen (secondary N) is 2. The van der Waals surface area contributed by atoms with Crippen molar-refractivity contribution in [1.82, 2.24) is 15.5 Å². The van der Waals surface area contributed by atoms with Gasteiger partial charge in [0.05, 0.1) is 5.03 Å². The van der Waals surface area contributed by atoms with Crippen LogP contribution in [0.25, 0.3) is 0 Å². The van der Waals surface area contributed by atoms with Gasteiger partial charge in [-0.2, -0.15) is 0 Å². The molecule has 0 aliphatic carbocycles. The molecule has 0 fully saturated rings. The maximum atomic E-state index is 12.8. The van der Waals surface area contributed by atoms with E-state index in [2.05, 4.69) is 48.9 Å². The first-order valence-corrected chi connectivity index (χ1v) is 21.1. The van der Waals surface area contributed by atoms with Gasteiger partial charge in [0, 0.05) is 20.0 Å². The number of Topliss-reactive ketones (excluding diaryl/α,β-unsaturated/α-hetero) is 1. The Morgan fingerprint density at radius 3 is 1.53 bits per heavy atom. The van der Waals surface area contributed by atoms with Crippen LogP contribution in [0, 0.1) is 0 Å². The Kier molecular flexibility index (Phi) is 35.1. The van der Waals surface area contributed by atoms with Crippen molar-refractivity contribution in [2.75, 3.05) is 33.2 Å². The summed E-state index contributed by atoms with van der Waals surface area (Å²) >= 11 is 4.38. The first-order valence-electron chi connectivity index (χ1n) is 20.7. The van der Waals surface area contributed by atoms with Gasteiger partial charge < -0.3 is 20.3 Å². The zero-order chi connectivity index (χ0) is 36.2. The molecule has 0 aromatic rings. The highest BCUT2D eigenvalue weighted by molar-refractivity contribution is 7.84. The minimum atomic E-state index is -0.599. The van der Waals surface area contributed by atoms with E-state index in [-0.39, 0.29) is 17.8 Å². The fraction of sp³-hybridized carbons (Fsp3) is 0.878. The van der Waals surface area contributed by atoms with Gasteiger partial charge in [-0.05, 0) is 71.0 Å². The number of likely N-dealkylation sites (N-methyl/N-ethyl adjacent to an activating group) is 1. The van der Waals surface area contributed by atoms with Crippen LogP contribution in [0.2, 0.25) is 0 Å². The molecule has 0 heterocycles. The molecule has 0 spiro atoms. The predicted molar refractivity (Wildman–Crippen MR) is 212 cm³/mol. The minimum Gasteiger partial charge on any atom is -0.462 e. The number of thiol groups is 1. The lowest BCUT2D eigenvalue weighted by Gasteiger charge is -2.23. The fourth-order valence-corrected chi connectivity index (χ4v) is 6.75. The van der Waals surface area contributed by atoms with Crippen LogP contribution in [-0.2, 0) is 19.1 Å². The van der Waals surface area contributed by atoms with Crippen molar-refractivity contribution in [2.24, 2.45) is 0 Å². The summed E-state index contributed by atoms with van der Waals surface area (Å²) in [5, 5.41) is 6.36. The highest BCUT2D eigenvalue weighted by Crippen LogP contribution is 2.18. The summed E-state index contributed by atoms with van der Waals surface area (Å²) in [6.07, 6.45) is 32.6. The number of hydrogen-bond acceptors (Lipinski definition) is 8. The number of rotatable bonds is 38. The molecular formula is C41H79N3O4S. The van der Waals surface area contributed by atoms with Crippen LogP contribution in [0.4, 0.5) is 0 Å². The third kappa shape index (κ3) is 29.9. The van der Waals surface area contributed by atoms with Crippen LogP contribution in [-0.4, -0.2) is 62.3 Å². The molecule has 0 saturated carbocycles. The molecule has 288 valence electrons. The Labute approximate surface area is 308 Å². The van der Waals surface area contributed by atoms with Crippen LogP contribution in [0.1, 0.15) is 194 Å². The zero-order valence-electron chi connectivity index (χ0n) is 32.6. The van der Waals surface area contributed by atoms with Gasteiger partial charge in [0.1, 0.15) is 11.8 Å². The van der Waals surface area contributed by atoms with Gasteiger partial charge in [0.2, 0.25) is 5.78 Å². The Morgan fingerprint density at radius 1 is 0.633 bits per heavy atom. The number of carbonyl (C=O) groups excluding carboxylic acids is 3. The molecule has 0 rings (SSSR count). The quantitative estimate of drug-likeness (QED) is 0.0147. The molecule has 0 unspecified atom stereocenters. The number of ether oxygens (including phenoxy) is 1. The van der Waals surface area contributed by atoms with Gasteiger partial charge in [-0.25, -0.2) is 0 Å². The normalized spacial score (nSPS) is 12.0. The van der Waals surface area contributed by atoms with Crippen LogP contribution < -0.4 is 10.6 Å². The molecule has 0 radical (unpaired) electrons. The van der Waals surface area contributed by atoms with Crippen molar-refractivity contribution < 1.29 is 19.1 Å². The van der Waals surface area contributed by atoms with E-state index in [9.17, 15) is 14.4 Å². The Balaban J connectivity index is 4.51. The van der Waals surface area contributed by atoms with Gasteiger partial charge in [0.15, 0.2) is 6.29 Å². The van der Waals surface area contributed by atoms with Gasteiger partial charge in [-0.1, -0.05) is 136 Å². The summed E-state index contributed by atoms with van der Waals surface area (Å²) in [6, 6.07) is 0. The molecule has 0 aliphatic heterocycles. The summed E-state index contributed by atoms with van der Waals surface area (Å²) in [7, 11) is 1.62. The summed E-state index contributed by atoms with van der Waals surface area (Å²) in [4.78, 5) is 38.0. The van der Waals surface area contributed by atoms with Crippen molar-refractivity contribution in [3.05, 3.63) is 10.7 Å². The van der Waals surface area contributed by atoms with E-state index in [1.807, 2.05) is 0 Å². The fourth-order valence-electron chi connectivity index (χ4n) is 6.41. The second-order valence-electron chi connectivity index (χ2n) is 14.1. The lowest BCUT2D eigenvalue weighted by atomic mass is 10.0. The molecule has 0 aromatic heterocycles. The molecule has 0 bridgehead atoms. The second kappa shape index (κ2) is 36.3. The highest BCUT2D eigenvalue weighted by Gasteiger charge is 2.15. The number of esters is 1. The maximum absolute atomic E-state index is 12.8. The molecule has 8 heteroatoms. The Bertz CT molecular complexity index is 807. The maximum Gasteiger partial charge on any atom is 0.306 e. The first kappa shape index (κ1) is 47.5. The third-order valence-electron chi connectivity index (χ3n) is 9.52. The van der Waals surface area contributed by atoms with E-state index in [0.717, 1.165) is 58.2 Å². The molecule has 49 heavy (non-hydrogen) atoms. The SMILES string of the molecule is CCCCCCCCC(CCCCCCCC)OC(=O)CCCCCCCN(CCCCCCCC)CCCN/C(S)=C(\NC)C(=O)C=O. The number of unbranched alkanes of at least 4 members (excludes halogenated alkanes) is 19. The molecule has 7 nitrogen and oxygen atoms in total. The van der Waals surface area contributed by atoms with Crippen molar-refractivity contribution in [3.63, 3.8) is 0 Å². The minimum absolute atomic E-state index is 0.0114. The molecule has 0 aromatic carbocycles. The molecule has 0 saturated heterocycles. The second-order valence-corrected chi connectivity index (χ2v) is 14.5. The summed E-state index contributed by atoms with van der Waals surface area (Å²) < 4.78 is 6.04. The zero-order valence-corrected chi connectivity index (χ0v) is 33.5. The van der Waals surface area contributed by atoms with E-state index in [0.29, 0.717) is 24.3 Å². The first-order chi connectivity index (χ1) is 23.9. The van der Waals surface area contributed by atoms with Crippen LogP contribution in [0.15, 0.2) is 10.7 Å². The summed E-state index contributed by atoms with van der Waals surface area (Å²) in [6.45, 7) is 10.7. The topological polar surface area (TPSA) is 87.7 Å². The summed E-state index contributed by atoms with van der Waals surface area (Å²) in [5.74, 6) is -0.588. The van der Waals surface area contributed by atoms with Gasteiger partial charge >= 0.3 is 5.97 Å². The van der Waals surface area contributed by atoms with Gasteiger partial charge in [0.25, 0.3) is 0 Å². The van der Waals surface area contributed by atoms with Crippen LogP contribution >= 0.6 is 12.6 Å². The van der Waals surface area contributed by atoms with E-state index >= 15 is 0 Å². The average Bonchev–Trinajstić information content (AvgIpc) is 3.10. The molecule has 0 amide bonds. The van der Waals surface area contributed by atoms with Gasteiger partial charge in [-0.15, -0.1) is 12.6 Å². The number of carbonyl (C=O) groups is 3. The molecule has 0 atom stereocenters. The molecule has 2 N–H and O–H groups in total. The highest BCUT2D eigenvalue weighted by atomic mass is 32.1. The van der Waals surface area contributed by atoms with E-state index in [4.69, 9.17) is 4.74 Å². The van der Waals surface area contributed by atoms with E-state index in [1.165, 1.54) is 128 Å². The number of allylic oxidation sites excluding steroid dienone is 1. The average molecular weight is 710 g/mol. The standard InChI is InChI=1S/C41H79N3O4S/c1-5-8-11-14-18-23-29-37(30-24-19-15-12-9-6-2)48-39(47)31-25-20-17-22-27-34-44(33-26-21-16-13-10-7-3)35-28-32-43-41(49)40(42-4)38(46)36-45/h36-37,42-43,49H,5-35H2,1-4H3/b41-40+. The molecular weight excluding hydrogens is 631 g/mol. The van der Waals surface area contributed by atoms with Gasteiger partial charge in [-0.3, -0.25) is 14.4 Å². The summed E-state index contributed by atoms with van der Waals surface area (Å²) in [5.41, 5.74) is 0.205. The van der Waals surface area contributed by atoms with E-state index in [1.54, 1.807) is 7.05 Å². The van der Waals surface area contributed by atoms with E-state index < -0.39 is 5.78 Å². The molecule has 0 aliphatic rings. The van der Waals surface area contributed by atoms with Crippen molar-refractivity contribution >= 4 is 30.7 Å². The van der Waals surface area contributed by atoms with Crippen molar-refractivity contribution in [1.29, 1.82) is 0 Å². The number of hydrogen-bond donors (Lipinski definition) is 3. The van der Waals surface area contributed by atoms with Crippen LogP contribution in [0.3, 0.4) is 0 Å². The van der Waals surface area contributed by atoms with Crippen molar-refractivity contribution in [2.45, 2.75) is 200 Å². The monoisotopic (exact) mass is 710 g/mol. The third-order valence-corrected chi connectivity index (χ3v) is 9.91. The van der Waals surface area contributed by atoms with Crippen molar-refractivity contribution in [3.8, 4) is 0 Å². The predicted octanol–water partition coefficient (Wildman–Crippen LogP) is 10.5. The Hall–Kier alpha value is -1.54. The lowest BCUT2D eigenvalue weighted by Crippen LogP contribution is -2.30. The lowest BCUT2D eigenvalue weighted by molar-refractivity contribution is -0.150. The number of aldehydes is 1. The van der Waals surface area contributed by atoms with Crippen LogP contribution in [0.5, 0.6) is 0 Å². The smallest absolute Gasteiger partial charge is 0.306 e.